The van der Waals surface area contributed by atoms with E-state index in [4.69, 9.17) is 14.0 Å². The summed E-state index contributed by atoms with van der Waals surface area (Å²) in [7, 11) is 0. The Balaban J connectivity index is 1.67. The summed E-state index contributed by atoms with van der Waals surface area (Å²) < 4.78 is 16.4. The smallest absolute Gasteiger partial charge is 0.165 e. The topological polar surface area (TPSA) is 56.5 Å². The molecule has 1 aliphatic heterocycles. The van der Waals surface area contributed by atoms with E-state index in [0.717, 1.165) is 47.2 Å². The van der Waals surface area contributed by atoms with Gasteiger partial charge in [0.25, 0.3) is 0 Å². The van der Waals surface area contributed by atoms with Gasteiger partial charge < -0.3 is 19.3 Å². The van der Waals surface area contributed by atoms with Crippen molar-refractivity contribution in [1.29, 1.82) is 0 Å². The second-order valence-electron chi connectivity index (χ2n) is 4.85. The van der Waals surface area contributed by atoms with Crippen LogP contribution in [0.1, 0.15) is 22.6 Å². The van der Waals surface area contributed by atoms with Crippen LogP contribution in [-0.2, 0) is 13.1 Å². The molecule has 0 fully saturated rings. The van der Waals surface area contributed by atoms with Crippen LogP contribution in [0.2, 0.25) is 0 Å². The molecule has 0 bridgehead atoms. The summed E-state index contributed by atoms with van der Waals surface area (Å²) in [5.74, 6) is 2.54. The summed E-state index contributed by atoms with van der Waals surface area (Å²) >= 11 is 0. The van der Waals surface area contributed by atoms with Crippen molar-refractivity contribution in [2.45, 2.75) is 26.9 Å². The molecule has 0 aliphatic carbocycles. The van der Waals surface area contributed by atoms with E-state index < -0.39 is 0 Å². The number of aryl methyl sites for hydroxylation is 2. The minimum absolute atomic E-state index is 0.605. The Kier molecular flexibility index (Phi) is 3.60. The highest BCUT2D eigenvalue weighted by Gasteiger charge is 2.15. The van der Waals surface area contributed by atoms with Crippen molar-refractivity contribution in [2.24, 2.45) is 0 Å². The number of hydrogen-bond donors (Lipinski definition) is 1. The fourth-order valence-electron chi connectivity index (χ4n) is 2.35. The van der Waals surface area contributed by atoms with Gasteiger partial charge in [-0.1, -0.05) is 17.3 Å². The molecule has 1 aromatic heterocycles. The number of para-hydroxylation sites is 1. The minimum atomic E-state index is 0.605. The van der Waals surface area contributed by atoms with E-state index >= 15 is 0 Å². The van der Waals surface area contributed by atoms with E-state index in [-0.39, 0.29) is 0 Å². The molecular weight excluding hydrogens is 256 g/mol. The van der Waals surface area contributed by atoms with E-state index in [1.807, 2.05) is 32.0 Å². The number of ether oxygens (including phenoxy) is 2. The lowest BCUT2D eigenvalue weighted by atomic mass is 10.1. The Hall–Kier alpha value is -2.01. The summed E-state index contributed by atoms with van der Waals surface area (Å²) in [6.45, 7) is 6.55. The highest BCUT2D eigenvalue weighted by Crippen LogP contribution is 2.33. The van der Waals surface area contributed by atoms with Crippen molar-refractivity contribution in [2.75, 3.05) is 13.2 Å². The number of hydrogen-bond acceptors (Lipinski definition) is 5. The van der Waals surface area contributed by atoms with Crippen molar-refractivity contribution in [1.82, 2.24) is 10.5 Å². The standard InChI is InChI=1S/C15H18N2O3/c1-10-13(11(2)20-17-10)9-16-8-12-4-3-5-14-15(12)19-7-6-18-14/h3-5,16H,6-9H2,1-2H3. The van der Waals surface area contributed by atoms with E-state index in [1.54, 1.807) is 0 Å². The number of benzene rings is 1. The van der Waals surface area contributed by atoms with Crippen LogP contribution in [0.15, 0.2) is 22.7 Å². The molecule has 0 saturated carbocycles. The number of fused-ring (bicyclic) bond motifs is 1. The molecule has 0 atom stereocenters. The molecule has 1 N–H and O–H groups in total. The third-order valence-electron chi connectivity index (χ3n) is 3.45. The summed E-state index contributed by atoms with van der Waals surface area (Å²) in [6.07, 6.45) is 0. The Morgan fingerprint density at radius 2 is 2.00 bits per heavy atom. The first-order valence-corrected chi connectivity index (χ1v) is 6.75. The predicted octanol–water partition coefficient (Wildman–Crippen LogP) is 2.35. The minimum Gasteiger partial charge on any atom is -0.486 e. The zero-order valence-corrected chi connectivity index (χ0v) is 11.7. The Morgan fingerprint density at radius 3 is 2.80 bits per heavy atom. The highest BCUT2D eigenvalue weighted by molar-refractivity contribution is 5.47. The number of aromatic nitrogens is 1. The Morgan fingerprint density at radius 1 is 1.15 bits per heavy atom. The van der Waals surface area contributed by atoms with Gasteiger partial charge in [-0.2, -0.15) is 0 Å². The molecule has 1 aliphatic rings. The molecule has 20 heavy (non-hydrogen) atoms. The van der Waals surface area contributed by atoms with Crippen LogP contribution < -0.4 is 14.8 Å². The average Bonchev–Trinajstić information content (AvgIpc) is 2.79. The van der Waals surface area contributed by atoms with Gasteiger partial charge in [-0.15, -0.1) is 0 Å². The molecule has 2 heterocycles. The monoisotopic (exact) mass is 274 g/mol. The molecule has 1 aromatic carbocycles. The highest BCUT2D eigenvalue weighted by atomic mass is 16.6. The van der Waals surface area contributed by atoms with Crippen LogP contribution >= 0.6 is 0 Å². The summed E-state index contributed by atoms with van der Waals surface area (Å²) in [5.41, 5.74) is 3.16. The van der Waals surface area contributed by atoms with Gasteiger partial charge in [0.2, 0.25) is 0 Å². The van der Waals surface area contributed by atoms with Crippen LogP contribution in [0.5, 0.6) is 11.5 Å². The predicted molar refractivity (Wildman–Crippen MR) is 74.0 cm³/mol. The lowest BCUT2D eigenvalue weighted by molar-refractivity contribution is 0.169. The first kappa shape index (κ1) is 13.0. The Bertz CT molecular complexity index is 588. The molecule has 2 aromatic rings. The van der Waals surface area contributed by atoms with Gasteiger partial charge in [-0.25, -0.2) is 0 Å². The molecule has 0 spiro atoms. The van der Waals surface area contributed by atoms with Gasteiger partial charge in [0.15, 0.2) is 11.5 Å². The Labute approximate surface area is 117 Å². The molecule has 5 nitrogen and oxygen atoms in total. The largest absolute Gasteiger partial charge is 0.486 e. The fraction of sp³-hybridized carbons (Fsp3) is 0.400. The van der Waals surface area contributed by atoms with Crippen LogP contribution in [0.3, 0.4) is 0 Å². The quantitative estimate of drug-likeness (QED) is 0.927. The molecule has 0 amide bonds. The first-order chi connectivity index (χ1) is 9.75. The summed E-state index contributed by atoms with van der Waals surface area (Å²) in [4.78, 5) is 0. The zero-order valence-electron chi connectivity index (χ0n) is 11.7. The molecule has 0 unspecified atom stereocenters. The molecule has 3 rings (SSSR count). The van der Waals surface area contributed by atoms with Crippen LogP contribution in [0, 0.1) is 13.8 Å². The van der Waals surface area contributed by atoms with Gasteiger partial charge in [0.1, 0.15) is 19.0 Å². The normalized spacial score (nSPS) is 13.5. The number of nitrogens with one attached hydrogen (secondary N) is 1. The van der Waals surface area contributed by atoms with E-state index in [2.05, 4.69) is 10.5 Å². The second-order valence-corrected chi connectivity index (χ2v) is 4.85. The van der Waals surface area contributed by atoms with Crippen LogP contribution in [0.25, 0.3) is 0 Å². The maximum Gasteiger partial charge on any atom is 0.165 e. The van der Waals surface area contributed by atoms with Crippen LogP contribution in [-0.4, -0.2) is 18.4 Å². The van der Waals surface area contributed by atoms with E-state index in [1.165, 1.54) is 0 Å². The molecule has 0 radical (unpaired) electrons. The van der Waals surface area contributed by atoms with Gasteiger partial charge in [0, 0.05) is 24.2 Å². The SMILES string of the molecule is Cc1noc(C)c1CNCc1cccc2c1OCCO2. The summed E-state index contributed by atoms with van der Waals surface area (Å²) in [6, 6.07) is 5.97. The van der Waals surface area contributed by atoms with Gasteiger partial charge in [0.05, 0.1) is 5.69 Å². The third-order valence-corrected chi connectivity index (χ3v) is 3.45. The average molecular weight is 274 g/mol. The van der Waals surface area contributed by atoms with Crippen LogP contribution in [0.4, 0.5) is 0 Å². The van der Waals surface area contributed by atoms with Crippen molar-refractivity contribution >= 4 is 0 Å². The lowest BCUT2D eigenvalue weighted by Gasteiger charge is -2.21. The number of rotatable bonds is 4. The molecule has 5 heteroatoms. The van der Waals surface area contributed by atoms with Gasteiger partial charge in [-0.05, 0) is 19.9 Å². The van der Waals surface area contributed by atoms with Crippen molar-refractivity contribution in [3.05, 3.63) is 40.8 Å². The third kappa shape index (κ3) is 2.49. The fourth-order valence-corrected chi connectivity index (χ4v) is 2.35. The van der Waals surface area contributed by atoms with Crippen molar-refractivity contribution < 1.29 is 14.0 Å². The van der Waals surface area contributed by atoms with Crippen molar-refractivity contribution in [3.63, 3.8) is 0 Å². The molecular formula is C15H18N2O3. The number of nitrogens with zero attached hydrogens (tertiary/aromatic N) is 1. The molecule has 106 valence electrons. The van der Waals surface area contributed by atoms with E-state index in [9.17, 15) is 0 Å². The maximum atomic E-state index is 5.69. The summed E-state index contributed by atoms with van der Waals surface area (Å²) in [5, 5.41) is 7.35. The maximum absolute atomic E-state index is 5.69. The van der Waals surface area contributed by atoms with Gasteiger partial charge in [-0.3, -0.25) is 0 Å². The first-order valence-electron chi connectivity index (χ1n) is 6.75. The van der Waals surface area contributed by atoms with Crippen molar-refractivity contribution in [3.8, 4) is 11.5 Å². The zero-order chi connectivity index (χ0) is 13.9. The lowest BCUT2D eigenvalue weighted by Crippen LogP contribution is -2.19. The van der Waals surface area contributed by atoms with Gasteiger partial charge >= 0.3 is 0 Å². The van der Waals surface area contributed by atoms with E-state index in [0.29, 0.717) is 13.2 Å². The molecule has 0 saturated heterocycles. The second kappa shape index (κ2) is 5.54.